The number of ether oxygens (including phenoxy) is 1. The van der Waals surface area contributed by atoms with Gasteiger partial charge in [0.25, 0.3) is 5.91 Å². The summed E-state index contributed by atoms with van der Waals surface area (Å²) in [5, 5.41) is 14.9. The number of amides is 1. The maximum atomic E-state index is 13.9. The number of halogens is 1. The van der Waals surface area contributed by atoms with Crippen molar-refractivity contribution in [3.63, 3.8) is 0 Å². The molecule has 0 spiro atoms. The summed E-state index contributed by atoms with van der Waals surface area (Å²) in [6, 6.07) is 14.7. The second kappa shape index (κ2) is 8.09. The number of benzene rings is 2. The van der Waals surface area contributed by atoms with E-state index in [0.717, 1.165) is 17.7 Å². The molecule has 6 nitrogen and oxygen atoms in total. The van der Waals surface area contributed by atoms with Gasteiger partial charge in [-0.05, 0) is 66.6 Å². The molecule has 1 amide bonds. The van der Waals surface area contributed by atoms with Gasteiger partial charge in [0.05, 0.1) is 0 Å². The zero-order valence-electron chi connectivity index (χ0n) is 15.4. The minimum atomic E-state index is -0.421. The van der Waals surface area contributed by atoms with Gasteiger partial charge in [-0.15, -0.1) is 0 Å². The van der Waals surface area contributed by atoms with Crippen molar-refractivity contribution in [1.29, 1.82) is 5.26 Å². The standard InChI is InChI=1S/C22H17FN4O2/c23-15-9-14-13-25-7-6-20(14)21(10-15)22(28)27-16-1-3-18(4-2-16)29-19-5-8-26-17(11-19)12-24/h1-5,8-11,25H,6-7,13H2,(H,27,28). The van der Waals surface area contributed by atoms with E-state index in [1.165, 1.54) is 24.4 Å². The minimum absolute atomic E-state index is 0.264. The number of fused-ring (bicyclic) bond motifs is 1. The Morgan fingerprint density at radius 2 is 2.00 bits per heavy atom. The maximum Gasteiger partial charge on any atom is 0.256 e. The molecule has 2 N–H and O–H groups in total. The molecule has 0 fully saturated rings. The first-order chi connectivity index (χ1) is 14.1. The Kier molecular flexibility index (Phi) is 5.18. The number of nitriles is 1. The van der Waals surface area contributed by atoms with Crippen LogP contribution in [0.5, 0.6) is 11.5 Å². The summed E-state index contributed by atoms with van der Waals surface area (Å²) in [6.45, 7) is 1.31. The van der Waals surface area contributed by atoms with Crippen LogP contribution in [0.3, 0.4) is 0 Å². The van der Waals surface area contributed by atoms with Crippen LogP contribution in [0.4, 0.5) is 10.1 Å². The fraction of sp³-hybridized carbons (Fsp3) is 0.136. The molecular weight excluding hydrogens is 371 g/mol. The molecule has 0 saturated carbocycles. The van der Waals surface area contributed by atoms with Crippen LogP contribution in [0, 0.1) is 17.1 Å². The zero-order chi connectivity index (χ0) is 20.2. The Balaban J connectivity index is 1.48. The van der Waals surface area contributed by atoms with Crippen LogP contribution >= 0.6 is 0 Å². The minimum Gasteiger partial charge on any atom is -0.457 e. The molecule has 0 aliphatic carbocycles. The molecule has 144 valence electrons. The van der Waals surface area contributed by atoms with Gasteiger partial charge in [0.2, 0.25) is 0 Å². The average molecular weight is 388 g/mol. The van der Waals surface area contributed by atoms with Gasteiger partial charge in [-0.25, -0.2) is 9.37 Å². The molecule has 1 aliphatic rings. The van der Waals surface area contributed by atoms with E-state index < -0.39 is 5.82 Å². The third-order valence-electron chi connectivity index (χ3n) is 4.61. The normalized spacial score (nSPS) is 12.6. The van der Waals surface area contributed by atoms with Crippen molar-refractivity contribution < 1.29 is 13.9 Å². The largest absolute Gasteiger partial charge is 0.457 e. The number of anilines is 1. The summed E-state index contributed by atoms with van der Waals surface area (Å²) in [6.07, 6.45) is 2.18. The molecule has 1 aromatic heterocycles. The van der Waals surface area contributed by atoms with E-state index in [2.05, 4.69) is 15.6 Å². The molecule has 2 heterocycles. The molecule has 3 aromatic rings. The molecule has 0 bridgehead atoms. The summed E-state index contributed by atoms with van der Waals surface area (Å²) in [7, 11) is 0. The summed E-state index contributed by atoms with van der Waals surface area (Å²) >= 11 is 0. The Labute approximate surface area is 167 Å². The average Bonchev–Trinajstić information content (AvgIpc) is 2.74. The molecule has 1 aliphatic heterocycles. The van der Waals surface area contributed by atoms with E-state index in [-0.39, 0.29) is 11.6 Å². The Morgan fingerprint density at radius 1 is 1.17 bits per heavy atom. The highest BCUT2D eigenvalue weighted by molar-refractivity contribution is 6.05. The van der Waals surface area contributed by atoms with E-state index in [4.69, 9.17) is 10.00 Å². The van der Waals surface area contributed by atoms with E-state index in [1.54, 1.807) is 30.3 Å². The van der Waals surface area contributed by atoms with Crippen molar-refractivity contribution in [2.75, 3.05) is 11.9 Å². The van der Waals surface area contributed by atoms with Gasteiger partial charge in [0, 0.05) is 30.1 Å². The van der Waals surface area contributed by atoms with E-state index in [1.807, 2.05) is 6.07 Å². The molecule has 0 atom stereocenters. The van der Waals surface area contributed by atoms with Gasteiger partial charge in [0.15, 0.2) is 0 Å². The number of rotatable bonds is 4. The van der Waals surface area contributed by atoms with Crippen LogP contribution in [0.2, 0.25) is 0 Å². The monoisotopic (exact) mass is 388 g/mol. The van der Waals surface area contributed by atoms with Gasteiger partial charge < -0.3 is 15.4 Å². The van der Waals surface area contributed by atoms with Crippen LogP contribution in [0.25, 0.3) is 0 Å². The molecular formula is C22H17FN4O2. The van der Waals surface area contributed by atoms with Crippen molar-refractivity contribution in [1.82, 2.24) is 10.3 Å². The lowest BCUT2D eigenvalue weighted by molar-refractivity contribution is 0.102. The van der Waals surface area contributed by atoms with Crippen LogP contribution in [-0.2, 0) is 13.0 Å². The molecule has 2 aromatic carbocycles. The first-order valence-electron chi connectivity index (χ1n) is 9.10. The van der Waals surface area contributed by atoms with Crippen LogP contribution in [-0.4, -0.2) is 17.4 Å². The zero-order valence-corrected chi connectivity index (χ0v) is 15.4. The molecule has 0 unspecified atom stereocenters. The van der Waals surface area contributed by atoms with Crippen molar-refractivity contribution in [2.24, 2.45) is 0 Å². The van der Waals surface area contributed by atoms with E-state index >= 15 is 0 Å². The highest BCUT2D eigenvalue weighted by Crippen LogP contribution is 2.25. The summed E-state index contributed by atoms with van der Waals surface area (Å²) in [4.78, 5) is 16.6. The Bertz CT molecular complexity index is 1110. The number of hydrogen-bond acceptors (Lipinski definition) is 5. The van der Waals surface area contributed by atoms with Crippen LogP contribution < -0.4 is 15.4 Å². The lowest BCUT2D eigenvalue weighted by Crippen LogP contribution is -2.27. The van der Waals surface area contributed by atoms with Crippen LogP contribution in [0.1, 0.15) is 27.2 Å². The summed E-state index contributed by atoms with van der Waals surface area (Å²) < 4.78 is 19.6. The lowest BCUT2D eigenvalue weighted by atomic mass is 9.94. The smallest absolute Gasteiger partial charge is 0.256 e. The second-order valence-corrected chi connectivity index (χ2v) is 6.59. The second-order valence-electron chi connectivity index (χ2n) is 6.59. The Morgan fingerprint density at radius 3 is 2.79 bits per heavy atom. The van der Waals surface area contributed by atoms with Gasteiger partial charge in [-0.2, -0.15) is 5.26 Å². The van der Waals surface area contributed by atoms with Gasteiger partial charge in [0.1, 0.15) is 29.1 Å². The topological polar surface area (TPSA) is 87.0 Å². The summed E-state index contributed by atoms with van der Waals surface area (Å²) in [5.74, 6) is 0.278. The fourth-order valence-electron chi connectivity index (χ4n) is 3.26. The number of hydrogen-bond donors (Lipinski definition) is 2. The van der Waals surface area contributed by atoms with E-state index in [9.17, 15) is 9.18 Å². The number of carbonyl (C=O) groups excluding carboxylic acids is 1. The lowest BCUT2D eigenvalue weighted by Gasteiger charge is -2.20. The quantitative estimate of drug-likeness (QED) is 0.710. The number of pyridine rings is 1. The van der Waals surface area contributed by atoms with Gasteiger partial charge in [-0.3, -0.25) is 4.79 Å². The van der Waals surface area contributed by atoms with Gasteiger partial charge >= 0.3 is 0 Å². The van der Waals surface area contributed by atoms with Crippen molar-refractivity contribution in [3.05, 3.63) is 82.9 Å². The van der Waals surface area contributed by atoms with Crippen LogP contribution in [0.15, 0.2) is 54.7 Å². The summed E-state index contributed by atoms with van der Waals surface area (Å²) in [5.41, 5.74) is 2.90. The van der Waals surface area contributed by atoms with Crippen molar-refractivity contribution in [2.45, 2.75) is 13.0 Å². The number of nitrogens with one attached hydrogen (secondary N) is 2. The number of aromatic nitrogens is 1. The molecule has 0 saturated heterocycles. The third-order valence-corrected chi connectivity index (χ3v) is 4.61. The van der Waals surface area contributed by atoms with E-state index in [0.29, 0.717) is 35.7 Å². The Hall–Kier alpha value is -3.76. The highest BCUT2D eigenvalue weighted by atomic mass is 19.1. The molecule has 4 rings (SSSR count). The predicted molar refractivity (Wildman–Crippen MR) is 105 cm³/mol. The first kappa shape index (κ1) is 18.6. The highest BCUT2D eigenvalue weighted by Gasteiger charge is 2.19. The third kappa shape index (κ3) is 4.23. The first-order valence-corrected chi connectivity index (χ1v) is 9.10. The number of nitrogens with zero attached hydrogens (tertiary/aromatic N) is 2. The predicted octanol–water partition coefficient (Wildman–Crippen LogP) is 3.78. The van der Waals surface area contributed by atoms with Crippen molar-refractivity contribution >= 4 is 11.6 Å². The maximum absolute atomic E-state index is 13.9. The van der Waals surface area contributed by atoms with Gasteiger partial charge in [-0.1, -0.05) is 0 Å². The molecule has 29 heavy (non-hydrogen) atoms. The van der Waals surface area contributed by atoms with Crippen molar-refractivity contribution in [3.8, 4) is 17.6 Å². The fourth-order valence-corrected chi connectivity index (χ4v) is 3.26. The molecule has 7 heteroatoms. The SMILES string of the molecule is N#Cc1cc(Oc2ccc(NC(=O)c3cc(F)cc4c3CCNC4)cc2)ccn1. The number of carbonyl (C=O) groups is 1. The molecule has 0 radical (unpaired) electrons.